The Hall–Kier alpha value is -0.563. The molecule has 0 radical (unpaired) electrons. The minimum absolute atomic E-state index is 0.730. The van der Waals surface area contributed by atoms with Crippen LogP contribution in [0.25, 0.3) is 0 Å². The van der Waals surface area contributed by atoms with Crippen LogP contribution in [0.15, 0.2) is 30.3 Å². The zero-order chi connectivity index (χ0) is 20.9. The highest BCUT2D eigenvalue weighted by molar-refractivity contribution is 6.80. The molecule has 9 atom stereocenters. The minimum atomic E-state index is -1.34. The largest absolute Gasteiger partial charge is 0.0689 e. The van der Waals surface area contributed by atoms with Crippen molar-refractivity contribution in [2.75, 3.05) is 0 Å². The molecule has 0 spiro atoms. The average Bonchev–Trinajstić information content (AvgIpc) is 3.21. The van der Waals surface area contributed by atoms with Crippen molar-refractivity contribution in [1.82, 2.24) is 0 Å². The van der Waals surface area contributed by atoms with Crippen LogP contribution in [0, 0.1) is 41.4 Å². The first kappa shape index (κ1) is 21.7. The molecular formula is C28H46Si. The molecule has 29 heavy (non-hydrogen) atoms. The molecule has 0 nitrogen and oxygen atoms in total. The summed E-state index contributed by atoms with van der Waals surface area (Å²) >= 11 is 0. The van der Waals surface area contributed by atoms with E-state index < -0.39 is 8.07 Å². The number of benzene rings is 1. The second-order valence-electron chi connectivity index (χ2n) is 12.1. The molecule has 3 aliphatic carbocycles. The van der Waals surface area contributed by atoms with Gasteiger partial charge in [0.15, 0.2) is 0 Å². The lowest BCUT2D eigenvalue weighted by molar-refractivity contribution is 0.210. The summed E-state index contributed by atoms with van der Waals surface area (Å²) in [7, 11) is -1.34. The Balaban J connectivity index is 1.63. The van der Waals surface area contributed by atoms with Crippen molar-refractivity contribution in [3.05, 3.63) is 35.9 Å². The second kappa shape index (κ2) is 8.17. The third kappa shape index (κ3) is 3.58. The minimum Gasteiger partial charge on any atom is -0.0689 e. The smallest absolute Gasteiger partial charge is 0.0544 e. The monoisotopic (exact) mass is 410 g/mol. The maximum atomic E-state index is 2.82. The third-order valence-corrected chi connectivity index (χ3v) is 16.2. The summed E-state index contributed by atoms with van der Waals surface area (Å²) in [4.78, 5) is 0. The highest BCUT2D eigenvalue weighted by Gasteiger charge is 2.57. The van der Waals surface area contributed by atoms with E-state index in [1.807, 2.05) is 0 Å². The van der Waals surface area contributed by atoms with Crippen LogP contribution in [0.2, 0.25) is 24.2 Å². The molecule has 4 rings (SSSR count). The van der Waals surface area contributed by atoms with Gasteiger partial charge in [-0.15, -0.1) is 0 Å². The van der Waals surface area contributed by atoms with Crippen molar-refractivity contribution < 1.29 is 0 Å². The van der Waals surface area contributed by atoms with Gasteiger partial charge < -0.3 is 0 Å². The maximum absolute atomic E-state index is 2.82. The Labute approximate surface area is 182 Å². The Morgan fingerprint density at radius 3 is 1.93 bits per heavy atom. The number of hydrogen-bond donors (Lipinski definition) is 0. The maximum Gasteiger partial charge on any atom is 0.0544 e. The first-order valence-electron chi connectivity index (χ1n) is 12.8. The Morgan fingerprint density at radius 1 is 0.793 bits per heavy atom. The van der Waals surface area contributed by atoms with E-state index in [0.717, 1.165) is 58.4 Å². The van der Waals surface area contributed by atoms with Crippen LogP contribution < -0.4 is 0 Å². The highest BCUT2D eigenvalue weighted by Crippen LogP contribution is 2.64. The van der Waals surface area contributed by atoms with Crippen LogP contribution in [0.4, 0.5) is 0 Å². The standard InChI is InChI=1S/C28H46Si/c1-18-19(2)21(4)28(20(18)3)29(6,7)27-17-26(24-15-11-12-16-25(24)27)22(5)23-13-9-8-10-14-23/h8-10,13-14,18-22,24-28H,11-12,15-17H2,1-7H3. The molecule has 1 aromatic carbocycles. The molecule has 3 saturated carbocycles. The van der Waals surface area contributed by atoms with E-state index in [9.17, 15) is 0 Å². The molecule has 1 aromatic rings. The van der Waals surface area contributed by atoms with Crippen molar-refractivity contribution >= 4 is 8.07 Å². The van der Waals surface area contributed by atoms with Gasteiger partial charge in [-0.05, 0) is 76.8 Å². The molecule has 0 amide bonds. The van der Waals surface area contributed by atoms with E-state index in [0.29, 0.717) is 0 Å². The van der Waals surface area contributed by atoms with Crippen LogP contribution in [0.5, 0.6) is 0 Å². The average molecular weight is 411 g/mol. The molecule has 0 heterocycles. The van der Waals surface area contributed by atoms with Gasteiger partial charge in [0.1, 0.15) is 0 Å². The van der Waals surface area contributed by atoms with E-state index in [4.69, 9.17) is 0 Å². The SMILES string of the molecule is CC(c1ccccc1)C1CC([Si](C)(C)C2C(C)C(C)C(C)C2C)C2CCCCC12. The first-order chi connectivity index (χ1) is 13.7. The van der Waals surface area contributed by atoms with Gasteiger partial charge in [-0.3, -0.25) is 0 Å². The van der Waals surface area contributed by atoms with E-state index in [-0.39, 0.29) is 0 Å². The second-order valence-corrected chi connectivity index (χ2v) is 17.2. The van der Waals surface area contributed by atoms with Crippen molar-refractivity contribution in [2.24, 2.45) is 41.4 Å². The van der Waals surface area contributed by atoms with E-state index in [1.54, 1.807) is 5.56 Å². The number of fused-ring (bicyclic) bond motifs is 1. The zero-order valence-electron chi connectivity index (χ0n) is 20.2. The molecule has 9 unspecified atom stereocenters. The predicted molar refractivity (Wildman–Crippen MR) is 130 cm³/mol. The van der Waals surface area contributed by atoms with Crippen molar-refractivity contribution in [3.8, 4) is 0 Å². The van der Waals surface area contributed by atoms with Gasteiger partial charge in [-0.1, -0.05) is 97.3 Å². The summed E-state index contributed by atoms with van der Waals surface area (Å²) in [6.07, 6.45) is 7.55. The van der Waals surface area contributed by atoms with Crippen LogP contribution in [-0.4, -0.2) is 8.07 Å². The predicted octanol–water partition coefficient (Wildman–Crippen LogP) is 8.62. The summed E-state index contributed by atoms with van der Waals surface area (Å²) in [5, 5.41) is 0. The molecule has 0 saturated heterocycles. The summed E-state index contributed by atoms with van der Waals surface area (Å²) in [5.41, 5.74) is 3.66. The van der Waals surface area contributed by atoms with Crippen LogP contribution in [-0.2, 0) is 0 Å². The number of hydrogen-bond acceptors (Lipinski definition) is 0. The summed E-state index contributed by atoms with van der Waals surface area (Å²) in [6.45, 7) is 18.5. The zero-order valence-corrected chi connectivity index (χ0v) is 21.2. The Bertz CT molecular complexity index is 665. The van der Waals surface area contributed by atoms with Gasteiger partial charge in [-0.25, -0.2) is 0 Å². The summed E-state index contributed by atoms with van der Waals surface area (Å²) < 4.78 is 0. The van der Waals surface area contributed by atoms with Gasteiger partial charge in [-0.2, -0.15) is 0 Å². The first-order valence-corrected chi connectivity index (χ1v) is 16.0. The van der Waals surface area contributed by atoms with Crippen LogP contribution in [0.3, 0.4) is 0 Å². The van der Waals surface area contributed by atoms with Gasteiger partial charge in [0.25, 0.3) is 0 Å². The molecule has 3 aliphatic rings. The topological polar surface area (TPSA) is 0 Å². The van der Waals surface area contributed by atoms with Gasteiger partial charge >= 0.3 is 0 Å². The summed E-state index contributed by atoms with van der Waals surface area (Å²) in [5.74, 6) is 7.34. The van der Waals surface area contributed by atoms with E-state index in [1.165, 1.54) is 32.1 Å². The Morgan fingerprint density at radius 2 is 1.34 bits per heavy atom. The molecule has 3 fully saturated rings. The van der Waals surface area contributed by atoms with Crippen molar-refractivity contribution in [2.45, 2.75) is 96.8 Å². The van der Waals surface area contributed by atoms with Gasteiger partial charge in [0.05, 0.1) is 8.07 Å². The highest BCUT2D eigenvalue weighted by atomic mass is 28.3. The normalized spacial score (nSPS) is 43.9. The van der Waals surface area contributed by atoms with Gasteiger partial charge in [0.2, 0.25) is 0 Å². The fourth-order valence-electron chi connectivity index (χ4n) is 8.99. The summed E-state index contributed by atoms with van der Waals surface area (Å²) in [6, 6.07) is 11.5. The molecular weight excluding hydrogens is 364 g/mol. The quantitative estimate of drug-likeness (QED) is 0.436. The lowest BCUT2D eigenvalue weighted by atomic mass is 9.73. The third-order valence-electron chi connectivity index (χ3n) is 10.9. The molecule has 162 valence electrons. The molecule has 0 aromatic heterocycles. The molecule has 0 N–H and O–H groups in total. The van der Waals surface area contributed by atoms with Crippen LogP contribution >= 0.6 is 0 Å². The lowest BCUT2D eigenvalue weighted by Gasteiger charge is -2.45. The fraction of sp³-hybridized carbons (Fsp3) is 0.786. The van der Waals surface area contributed by atoms with E-state index >= 15 is 0 Å². The number of rotatable bonds is 4. The van der Waals surface area contributed by atoms with E-state index in [2.05, 4.69) is 78.0 Å². The Kier molecular flexibility index (Phi) is 6.10. The van der Waals surface area contributed by atoms with Crippen LogP contribution in [0.1, 0.15) is 78.2 Å². The molecule has 1 heteroatoms. The fourth-order valence-corrected chi connectivity index (χ4v) is 15.2. The molecule has 0 bridgehead atoms. The lowest BCUT2D eigenvalue weighted by Crippen LogP contribution is -2.44. The van der Waals surface area contributed by atoms with Crippen molar-refractivity contribution in [1.29, 1.82) is 0 Å². The molecule has 0 aliphatic heterocycles. The van der Waals surface area contributed by atoms with Gasteiger partial charge in [0, 0.05) is 0 Å². The van der Waals surface area contributed by atoms with Crippen molar-refractivity contribution in [3.63, 3.8) is 0 Å².